The van der Waals surface area contributed by atoms with Gasteiger partial charge in [0.25, 0.3) is 11.8 Å². The van der Waals surface area contributed by atoms with Crippen molar-refractivity contribution in [2.45, 2.75) is 6.92 Å². The van der Waals surface area contributed by atoms with Gasteiger partial charge in [0.15, 0.2) is 0 Å². The number of hydrogen-bond acceptors (Lipinski definition) is 5. The largest absolute Gasteiger partial charge is 0.494 e. The average molecular weight is 405 g/mol. The van der Waals surface area contributed by atoms with Gasteiger partial charge in [-0.2, -0.15) is 0 Å². The van der Waals surface area contributed by atoms with E-state index in [1.54, 1.807) is 24.3 Å². The highest BCUT2D eigenvalue weighted by Gasteiger charge is 2.41. The Bertz CT molecular complexity index is 944. The SMILES string of the molecule is CCOc1ccc(C2=C(SCCO)C(=O)N(c3ccc(F)cc3F)C2=O)cc1. The van der Waals surface area contributed by atoms with Gasteiger partial charge in [-0.1, -0.05) is 12.1 Å². The predicted molar refractivity (Wildman–Crippen MR) is 103 cm³/mol. The molecule has 0 radical (unpaired) electrons. The van der Waals surface area contributed by atoms with Gasteiger partial charge in [-0.3, -0.25) is 9.59 Å². The summed E-state index contributed by atoms with van der Waals surface area (Å²) in [7, 11) is 0. The minimum absolute atomic E-state index is 0.104. The summed E-state index contributed by atoms with van der Waals surface area (Å²) in [6.07, 6.45) is 0. The first-order chi connectivity index (χ1) is 13.5. The lowest BCUT2D eigenvalue weighted by Crippen LogP contribution is -2.32. The number of carbonyl (C=O) groups excluding carboxylic acids is 2. The summed E-state index contributed by atoms with van der Waals surface area (Å²) < 4.78 is 32.8. The summed E-state index contributed by atoms with van der Waals surface area (Å²) in [6, 6.07) is 9.25. The van der Waals surface area contributed by atoms with Crippen LogP contribution >= 0.6 is 11.8 Å². The molecule has 0 unspecified atom stereocenters. The van der Waals surface area contributed by atoms with Crippen molar-refractivity contribution >= 4 is 34.8 Å². The lowest BCUT2D eigenvalue weighted by molar-refractivity contribution is -0.119. The van der Waals surface area contributed by atoms with E-state index in [0.717, 1.165) is 23.9 Å². The van der Waals surface area contributed by atoms with Crippen LogP contribution in [0, 0.1) is 11.6 Å². The minimum Gasteiger partial charge on any atom is -0.494 e. The number of halogens is 2. The van der Waals surface area contributed by atoms with Crippen LogP contribution in [0.15, 0.2) is 47.4 Å². The van der Waals surface area contributed by atoms with Crippen molar-refractivity contribution in [2.75, 3.05) is 23.9 Å². The molecule has 1 N–H and O–H groups in total. The number of hydrogen-bond donors (Lipinski definition) is 1. The summed E-state index contributed by atoms with van der Waals surface area (Å²) in [4.78, 5) is 26.7. The van der Waals surface area contributed by atoms with E-state index in [1.165, 1.54) is 0 Å². The van der Waals surface area contributed by atoms with E-state index in [2.05, 4.69) is 0 Å². The van der Waals surface area contributed by atoms with E-state index in [9.17, 15) is 18.4 Å². The molecule has 146 valence electrons. The second-order valence-electron chi connectivity index (χ2n) is 5.78. The Hall–Kier alpha value is -2.71. The maximum Gasteiger partial charge on any atom is 0.272 e. The highest BCUT2D eigenvalue weighted by Crippen LogP contribution is 2.39. The molecule has 0 atom stereocenters. The first-order valence-electron chi connectivity index (χ1n) is 8.53. The number of nitrogens with zero attached hydrogens (tertiary/aromatic N) is 1. The molecule has 8 heteroatoms. The van der Waals surface area contributed by atoms with Crippen LogP contribution in [0.1, 0.15) is 12.5 Å². The maximum absolute atomic E-state index is 14.2. The molecule has 3 rings (SSSR count). The number of benzene rings is 2. The van der Waals surface area contributed by atoms with Gasteiger partial charge < -0.3 is 9.84 Å². The average Bonchev–Trinajstić information content (AvgIpc) is 2.91. The molecule has 28 heavy (non-hydrogen) atoms. The molecule has 1 aliphatic rings. The standard InChI is InChI=1S/C20H17F2NO4S/c1-2-27-14-6-3-12(4-7-14)17-18(28-10-9-24)20(26)23(19(17)25)16-8-5-13(21)11-15(16)22/h3-8,11,24H,2,9-10H2,1H3. The van der Waals surface area contributed by atoms with Gasteiger partial charge in [-0.15, -0.1) is 11.8 Å². The fourth-order valence-corrected chi connectivity index (χ4v) is 3.67. The highest BCUT2D eigenvalue weighted by atomic mass is 32.2. The second kappa shape index (κ2) is 8.53. The van der Waals surface area contributed by atoms with Gasteiger partial charge in [0.2, 0.25) is 0 Å². The topological polar surface area (TPSA) is 66.8 Å². The zero-order valence-corrected chi connectivity index (χ0v) is 15.8. The van der Waals surface area contributed by atoms with E-state index in [4.69, 9.17) is 9.84 Å². The van der Waals surface area contributed by atoms with Crippen molar-refractivity contribution in [1.29, 1.82) is 0 Å². The molecule has 0 saturated heterocycles. The van der Waals surface area contributed by atoms with Crippen LogP contribution in [0.25, 0.3) is 5.57 Å². The first-order valence-corrected chi connectivity index (χ1v) is 9.51. The molecular weight excluding hydrogens is 388 g/mol. The van der Waals surface area contributed by atoms with Gasteiger partial charge in [0, 0.05) is 11.8 Å². The summed E-state index contributed by atoms with van der Waals surface area (Å²) in [5, 5.41) is 9.12. The van der Waals surface area contributed by atoms with Crippen molar-refractivity contribution in [1.82, 2.24) is 0 Å². The Kier molecular flexibility index (Phi) is 6.11. The second-order valence-corrected chi connectivity index (χ2v) is 6.88. The van der Waals surface area contributed by atoms with E-state index in [-0.39, 0.29) is 28.5 Å². The number of rotatable bonds is 7. The molecule has 1 aliphatic heterocycles. The normalized spacial score (nSPS) is 14.2. The Balaban J connectivity index is 2.04. The smallest absolute Gasteiger partial charge is 0.272 e. The Morgan fingerprint density at radius 1 is 1.07 bits per heavy atom. The molecule has 0 fully saturated rings. The number of anilines is 1. The number of aliphatic hydroxyl groups excluding tert-OH is 1. The number of thioether (sulfide) groups is 1. The number of amides is 2. The van der Waals surface area contributed by atoms with Crippen LogP contribution in [0.5, 0.6) is 5.75 Å². The van der Waals surface area contributed by atoms with Crippen molar-refractivity contribution < 1.29 is 28.2 Å². The lowest BCUT2D eigenvalue weighted by atomic mass is 10.1. The van der Waals surface area contributed by atoms with Crippen molar-refractivity contribution in [3.05, 3.63) is 64.6 Å². The summed E-state index contributed by atoms with van der Waals surface area (Å²) in [5.74, 6) is -2.45. The zero-order valence-electron chi connectivity index (χ0n) is 14.9. The van der Waals surface area contributed by atoms with Crippen LogP contribution in [0.4, 0.5) is 14.5 Å². The molecule has 0 aromatic heterocycles. The van der Waals surface area contributed by atoms with Crippen molar-refractivity contribution in [2.24, 2.45) is 0 Å². The number of aliphatic hydroxyl groups is 1. The van der Waals surface area contributed by atoms with Crippen molar-refractivity contribution in [3.8, 4) is 5.75 Å². The third-order valence-corrected chi connectivity index (χ3v) is 5.04. The van der Waals surface area contributed by atoms with Crippen LogP contribution in [-0.2, 0) is 9.59 Å². The van der Waals surface area contributed by atoms with Crippen molar-refractivity contribution in [3.63, 3.8) is 0 Å². The van der Waals surface area contributed by atoms with E-state index in [0.29, 0.717) is 28.9 Å². The van der Waals surface area contributed by atoms with Gasteiger partial charge in [-0.05, 0) is 36.8 Å². The molecule has 2 amide bonds. The Morgan fingerprint density at radius 3 is 2.39 bits per heavy atom. The van der Waals surface area contributed by atoms with E-state index < -0.39 is 23.4 Å². The van der Waals surface area contributed by atoms with Gasteiger partial charge >= 0.3 is 0 Å². The fraction of sp³-hybridized carbons (Fsp3) is 0.200. The van der Waals surface area contributed by atoms with Gasteiger partial charge in [-0.25, -0.2) is 13.7 Å². The molecule has 2 aromatic rings. The van der Waals surface area contributed by atoms with Gasteiger partial charge in [0.05, 0.1) is 29.4 Å². The number of ether oxygens (including phenoxy) is 1. The number of carbonyl (C=O) groups is 2. The third kappa shape index (κ3) is 3.79. The van der Waals surface area contributed by atoms with E-state index >= 15 is 0 Å². The van der Waals surface area contributed by atoms with Crippen LogP contribution in [0.2, 0.25) is 0 Å². The Morgan fingerprint density at radius 2 is 1.79 bits per heavy atom. The molecule has 0 aliphatic carbocycles. The van der Waals surface area contributed by atoms with Gasteiger partial charge in [0.1, 0.15) is 17.4 Å². The lowest BCUT2D eigenvalue weighted by Gasteiger charge is -2.16. The fourth-order valence-electron chi connectivity index (χ4n) is 2.81. The maximum atomic E-state index is 14.2. The quantitative estimate of drug-likeness (QED) is 0.716. The summed E-state index contributed by atoms with van der Waals surface area (Å²) >= 11 is 1.01. The van der Waals surface area contributed by atoms with Crippen LogP contribution in [0.3, 0.4) is 0 Å². The highest BCUT2D eigenvalue weighted by molar-refractivity contribution is 8.04. The van der Waals surface area contributed by atoms with Crippen LogP contribution < -0.4 is 9.64 Å². The summed E-state index contributed by atoms with van der Waals surface area (Å²) in [6.45, 7) is 2.13. The molecule has 0 bridgehead atoms. The minimum atomic E-state index is -1.01. The first kappa shape index (κ1) is 20.0. The molecule has 2 aromatic carbocycles. The Labute approximate surface area is 164 Å². The predicted octanol–water partition coefficient (Wildman–Crippen LogP) is 3.37. The van der Waals surface area contributed by atoms with E-state index in [1.807, 2.05) is 6.92 Å². The van der Waals surface area contributed by atoms with Crippen LogP contribution in [-0.4, -0.2) is 35.9 Å². The number of imide groups is 1. The zero-order chi connectivity index (χ0) is 20.3. The molecule has 0 spiro atoms. The monoisotopic (exact) mass is 405 g/mol. The molecular formula is C20H17F2NO4S. The summed E-state index contributed by atoms with van der Waals surface area (Å²) in [5.41, 5.74) is 0.252. The third-order valence-electron chi connectivity index (χ3n) is 3.98. The molecule has 5 nitrogen and oxygen atoms in total. The molecule has 1 heterocycles. The molecule has 0 saturated carbocycles.